The van der Waals surface area contributed by atoms with E-state index in [0.29, 0.717) is 11.5 Å². The number of aryl methyl sites for hydroxylation is 1. The van der Waals surface area contributed by atoms with Crippen molar-refractivity contribution in [3.05, 3.63) is 60.2 Å². The minimum absolute atomic E-state index is 0.107. The number of nitrogens with two attached hydrogens (primary N) is 1. The van der Waals surface area contributed by atoms with E-state index < -0.39 is 11.8 Å². The number of amides is 2. The second-order valence-electron chi connectivity index (χ2n) is 6.04. The highest BCUT2D eigenvalue weighted by atomic mass is 19.1. The Hall–Kier alpha value is -3.88. The summed E-state index contributed by atoms with van der Waals surface area (Å²) in [6, 6.07) is 9.46. The quantitative estimate of drug-likeness (QED) is 0.445. The van der Waals surface area contributed by atoms with Crippen LogP contribution in [0.5, 0.6) is 0 Å². The molecule has 0 aliphatic carbocycles. The Labute approximate surface area is 153 Å². The molecule has 2 heterocycles. The molecule has 2 aromatic heterocycles. The normalized spacial score (nSPS) is 10.9. The number of fused-ring (bicyclic) bond motifs is 1. The average molecular weight is 365 g/mol. The number of urea groups is 1. The van der Waals surface area contributed by atoms with E-state index in [0.717, 1.165) is 22.2 Å². The fraction of sp³-hybridized carbons (Fsp3) is 0.0556. The van der Waals surface area contributed by atoms with E-state index in [2.05, 4.69) is 25.9 Å². The van der Waals surface area contributed by atoms with Gasteiger partial charge in [-0.15, -0.1) is 0 Å². The first-order chi connectivity index (χ1) is 13.0. The number of H-pyrrole nitrogens is 1. The molecule has 4 aromatic rings. The number of aromatic nitrogens is 4. The summed E-state index contributed by atoms with van der Waals surface area (Å²) in [7, 11) is 0. The third kappa shape index (κ3) is 3.17. The molecular weight excluding hydrogens is 349 g/mol. The number of anilines is 3. The maximum atomic E-state index is 13.8. The van der Waals surface area contributed by atoms with Crippen LogP contribution >= 0.6 is 0 Å². The number of hydrogen-bond acceptors (Lipinski definition) is 4. The van der Waals surface area contributed by atoms with Crippen molar-refractivity contribution in [2.75, 3.05) is 16.4 Å². The van der Waals surface area contributed by atoms with Gasteiger partial charge in [0, 0.05) is 0 Å². The van der Waals surface area contributed by atoms with Crippen LogP contribution < -0.4 is 16.4 Å². The third-order valence-corrected chi connectivity index (χ3v) is 4.05. The van der Waals surface area contributed by atoms with Gasteiger partial charge in [-0.25, -0.2) is 13.9 Å². The van der Waals surface area contributed by atoms with Gasteiger partial charge in [0.2, 0.25) is 0 Å². The minimum atomic E-state index is -0.569. The Morgan fingerprint density at radius 3 is 2.96 bits per heavy atom. The molecule has 2 amide bonds. The van der Waals surface area contributed by atoms with Crippen LogP contribution in [0, 0.1) is 12.7 Å². The van der Waals surface area contributed by atoms with Gasteiger partial charge in [0.15, 0.2) is 5.82 Å². The molecule has 0 fully saturated rings. The maximum absolute atomic E-state index is 13.8. The van der Waals surface area contributed by atoms with Crippen LogP contribution in [0.2, 0.25) is 0 Å². The number of hydrogen-bond donors (Lipinski definition) is 4. The van der Waals surface area contributed by atoms with Crippen molar-refractivity contribution in [2.45, 2.75) is 6.92 Å². The van der Waals surface area contributed by atoms with Gasteiger partial charge < -0.3 is 16.4 Å². The maximum Gasteiger partial charge on any atom is 0.323 e. The first kappa shape index (κ1) is 16.6. The lowest BCUT2D eigenvalue weighted by Gasteiger charge is -2.08. The molecule has 9 heteroatoms. The number of nitrogens with zero attached hydrogens (tertiary/aromatic N) is 3. The monoisotopic (exact) mass is 365 g/mol. The highest BCUT2D eigenvalue weighted by Gasteiger charge is 2.12. The summed E-state index contributed by atoms with van der Waals surface area (Å²) in [4.78, 5) is 12.2. The van der Waals surface area contributed by atoms with E-state index in [1.807, 2.05) is 25.1 Å². The Balaban J connectivity index is 1.55. The van der Waals surface area contributed by atoms with Crippen LogP contribution in [-0.4, -0.2) is 26.0 Å². The highest BCUT2D eigenvalue weighted by molar-refractivity contribution is 6.00. The summed E-state index contributed by atoms with van der Waals surface area (Å²) >= 11 is 0. The summed E-state index contributed by atoms with van der Waals surface area (Å²) in [6.45, 7) is 1.81. The molecule has 0 aliphatic heterocycles. The van der Waals surface area contributed by atoms with E-state index in [1.165, 1.54) is 12.3 Å². The van der Waals surface area contributed by atoms with Gasteiger partial charge in [-0.2, -0.15) is 10.2 Å². The van der Waals surface area contributed by atoms with E-state index in [-0.39, 0.29) is 5.69 Å². The van der Waals surface area contributed by atoms with Crippen LogP contribution in [-0.2, 0) is 0 Å². The standard InChI is InChI=1S/C18H16FN7O/c1-10-5-6-12(19)14(7-10)23-18(27)22-11-8-21-26(9-11)15-4-2-3-13-16(15)17(20)25-24-13/h2-9H,1H3,(H3,20,24,25)(H2,22,23,27). The fourth-order valence-corrected chi connectivity index (χ4v) is 2.81. The number of rotatable bonds is 3. The lowest BCUT2D eigenvalue weighted by molar-refractivity contribution is 0.262. The number of aromatic amines is 1. The predicted octanol–water partition coefficient (Wildman–Crippen LogP) is 3.42. The Kier molecular flexibility index (Phi) is 3.96. The molecular formula is C18H16FN7O. The SMILES string of the molecule is Cc1ccc(F)c(NC(=O)Nc2cnn(-c3cccc4[nH]nc(N)c34)c2)c1. The first-order valence-corrected chi connectivity index (χ1v) is 8.13. The number of nitrogen functional groups attached to an aromatic ring is 1. The summed E-state index contributed by atoms with van der Waals surface area (Å²) in [6.07, 6.45) is 3.12. The molecule has 27 heavy (non-hydrogen) atoms. The van der Waals surface area contributed by atoms with Crippen molar-refractivity contribution in [1.82, 2.24) is 20.0 Å². The zero-order chi connectivity index (χ0) is 19.0. The largest absolute Gasteiger partial charge is 0.382 e. The van der Waals surface area contributed by atoms with Crippen molar-refractivity contribution in [1.29, 1.82) is 0 Å². The van der Waals surface area contributed by atoms with Crippen molar-refractivity contribution in [3.8, 4) is 5.69 Å². The number of nitrogens with one attached hydrogen (secondary N) is 3. The molecule has 0 atom stereocenters. The molecule has 8 nitrogen and oxygen atoms in total. The lowest BCUT2D eigenvalue weighted by Crippen LogP contribution is -2.19. The topological polar surface area (TPSA) is 114 Å². The van der Waals surface area contributed by atoms with Crippen LogP contribution in [0.15, 0.2) is 48.8 Å². The molecule has 0 aliphatic rings. The lowest BCUT2D eigenvalue weighted by atomic mass is 10.2. The van der Waals surface area contributed by atoms with E-state index in [9.17, 15) is 9.18 Å². The van der Waals surface area contributed by atoms with Crippen molar-refractivity contribution in [3.63, 3.8) is 0 Å². The van der Waals surface area contributed by atoms with E-state index in [1.54, 1.807) is 23.0 Å². The van der Waals surface area contributed by atoms with Gasteiger partial charge in [0.1, 0.15) is 5.82 Å². The first-order valence-electron chi connectivity index (χ1n) is 8.13. The second-order valence-corrected chi connectivity index (χ2v) is 6.04. The summed E-state index contributed by atoms with van der Waals surface area (Å²) in [5.74, 6) is -0.146. The number of benzene rings is 2. The smallest absolute Gasteiger partial charge is 0.323 e. The fourth-order valence-electron chi connectivity index (χ4n) is 2.81. The summed E-state index contributed by atoms with van der Waals surface area (Å²) in [5.41, 5.74) is 8.80. The molecule has 4 rings (SSSR count). The highest BCUT2D eigenvalue weighted by Crippen LogP contribution is 2.26. The average Bonchev–Trinajstić information content (AvgIpc) is 3.25. The Morgan fingerprint density at radius 2 is 2.11 bits per heavy atom. The van der Waals surface area contributed by atoms with Crippen LogP contribution in [0.4, 0.5) is 26.4 Å². The molecule has 0 spiro atoms. The number of halogens is 1. The zero-order valence-corrected chi connectivity index (χ0v) is 14.3. The molecule has 2 aromatic carbocycles. The molecule has 0 unspecified atom stereocenters. The molecule has 0 saturated carbocycles. The molecule has 136 valence electrons. The van der Waals surface area contributed by atoms with Gasteiger partial charge in [-0.1, -0.05) is 12.1 Å². The Morgan fingerprint density at radius 1 is 1.26 bits per heavy atom. The molecule has 0 radical (unpaired) electrons. The molecule has 0 bridgehead atoms. The van der Waals surface area contributed by atoms with Gasteiger partial charge in [0.25, 0.3) is 0 Å². The van der Waals surface area contributed by atoms with Crippen molar-refractivity contribution in [2.24, 2.45) is 0 Å². The van der Waals surface area contributed by atoms with E-state index in [4.69, 9.17) is 5.73 Å². The third-order valence-electron chi connectivity index (χ3n) is 4.05. The van der Waals surface area contributed by atoms with Crippen LogP contribution in [0.25, 0.3) is 16.6 Å². The second kappa shape index (κ2) is 6.45. The van der Waals surface area contributed by atoms with Gasteiger partial charge >= 0.3 is 6.03 Å². The van der Waals surface area contributed by atoms with Crippen LogP contribution in [0.3, 0.4) is 0 Å². The Bertz CT molecular complexity index is 1150. The molecule has 5 N–H and O–H groups in total. The van der Waals surface area contributed by atoms with Gasteiger partial charge in [-0.05, 0) is 36.8 Å². The predicted molar refractivity (Wildman–Crippen MR) is 101 cm³/mol. The summed E-state index contributed by atoms with van der Waals surface area (Å²) < 4.78 is 15.4. The van der Waals surface area contributed by atoms with Crippen molar-refractivity contribution < 1.29 is 9.18 Å². The van der Waals surface area contributed by atoms with Crippen LogP contribution in [0.1, 0.15) is 5.56 Å². The minimum Gasteiger partial charge on any atom is -0.382 e. The van der Waals surface area contributed by atoms with E-state index >= 15 is 0 Å². The zero-order valence-electron chi connectivity index (χ0n) is 14.3. The number of carbonyl (C=O) groups is 1. The van der Waals surface area contributed by atoms with Crippen molar-refractivity contribution >= 4 is 34.1 Å². The van der Waals surface area contributed by atoms with Gasteiger partial charge in [-0.3, -0.25) is 5.10 Å². The molecule has 0 saturated heterocycles. The number of carbonyl (C=O) groups excluding carboxylic acids is 1. The van der Waals surface area contributed by atoms with Gasteiger partial charge in [0.05, 0.1) is 40.4 Å². The summed E-state index contributed by atoms with van der Waals surface area (Å²) in [5, 5.41) is 16.9.